The Kier molecular flexibility index (Phi) is 5.85. The van der Waals surface area contributed by atoms with Crippen molar-refractivity contribution in [3.63, 3.8) is 0 Å². The molecule has 0 bridgehead atoms. The second kappa shape index (κ2) is 6.94. The minimum absolute atomic E-state index is 0.0499. The number of hydrogen-bond acceptors (Lipinski definition) is 8. The summed E-state index contributed by atoms with van der Waals surface area (Å²) in [6.07, 6.45) is -7.53. The first kappa shape index (κ1) is 16.0. The van der Waals surface area contributed by atoms with Gasteiger partial charge in [-0.3, -0.25) is 0 Å². The number of rotatable bonds is 5. The highest BCUT2D eigenvalue weighted by molar-refractivity contribution is 5.87. The van der Waals surface area contributed by atoms with Gasteiger partial charge in [0.2, 0.25) is 0 Å². The monoisotopic (exact) mass is 278 g/mol. The molecule has 110 valence electrons. The van der Waals surface area contributed by atoms with Crippen LogP contribution in [0.2, 0.25) is 0 Å². The van der Waals surface area contributed by atoms with Crippen LogP contribution in [0.4, 0.5) is 0 Å². The van der Waals surface area contributed by atoms with Crippen LogP contribution in [-0.4, -0.2) is 75.4 Å². The van der Waals surface area contributed by atoms with Gasteiger partial charge in [0, 0.05) is 18.6 Å². The van der Waals surface area contributed by atoms with Crippen molar-refractivity contribution in [2.24, 2.45) is 0 Å². The summed E-state index contributed by atoms with van der Waals surface area (Å²) in [4.78, 5) is 11.4. The minimum Gasteiger partial charge on any atom is -0.459 e. The lowest BCUT2D eigenvalue weighted by Crippen LogP contribution is -2.58. The van der Waals surface area contributed by atoms with Crippen molar-refractivity contribution in [1.29, 1.82) is 0 Å². The van der Waals surface area contributed by atoms with Gasteiger partial charge in [-0.25, -0.2) is 4.79 Å². The first-order valence-corrected chi connectivity index (χ1v) is 5.72. The number of hydrogen-bond donors (Lipinski definition) is 5. The highest BCUT2D eigenvalue weighted by Gasteiger charge is 2.43. The summed E-state index contributed by atoms with van der Waals surface area (Å²) in [7, 11) is 0. The van der Waals surface area contributed by atoms with Crippen molar-refractivity contribution in [2.75, 3.05) is 13.2 Å². The summed E-state index contributed by atoms with van der Waals surface area (Å²) in [6.45, 7) is 2.72. The predicted octanol–water partition coefficient (Wildman–Crippen LogP) is -2.73. The van der Waals surface area contributed by atoms with Gasteiger partial charge in [0.15, 0.2) is 6.29 Å². The number of carbonyl (C=O) groups is 1. The fraction of sp³-hybridized carbons (Fsp3) is 0.727. The second-order valence-electron chi connectivity index (χ2n) is 4.21. The molecule has 0 unspecified atom stereocenters. The average Bonchev–Trinajstić information content (AvgIpc) is 2.38. The molecule has 0 saturated carbocycles. The van der Waals surface area contributed by atoms with Crippen LogP contribution in [0, 0.1) is 0 Å². The summed E-state index contributed by atoms with van der Waals surface area (Å²) >= 11 is 0. The van der Waals surface area contributed by atoms with Gasteiger partial charge in [-0.05, 0) is 0 Å². The molecule has 1 aliphatic rings. The van der Waals surface area contributed by atoms with E-state index in [0.717, 1.165) is 0 Å². The van der Waals surface area contributed by atoms with E-state index in [1.807, 2.05) is 0 Å². The SMILES string of the molecule is C=C(CCO)C(=O)OC[C@H]1O[C@@H](O)[C@H](O)[C@@H](O)[C@@H]1O. The van der Waals surface area contributed by atoms with E-state index in [1.54, 1.807) is 0 Å². The largest absolute Gasteiger partial charge is 0.459 e. The van der Waals surface area contributed by atoms with Gasteiger partial charge in [0.25, 0.3) is 0 Å². The summed E-state index contributed by atoms with van der Waals surface area (Å²) in [5, 5.41) is 46.1. The van der Waals surface area contributed by atoms with Crippen LogP contribution in [0.25, 0.3) is 0 Å². The van der Waals surface area contributed by atoms with Crippen LogP contribution in [-0.2, 0) is 14.3 Å². The molecule has 5 atom stereocenters. The molecule has 1 aliphatic heterocycles. The molecule has 0 radical (unpaired) electrons. The Balaban J connectivity index is 2.48. The molecule has 0 aliphatic carbocycles. The van der Waals surface area contributed by atoms with E-state index >= 15 is 0 Å². The Bertz CT molecular complexity index is 331. The highest BCUT2D eigenvalue weighted by atomic mass is 16.6. The van der Waals surface area contributed by atoms with Gasteiger partial charge in [0.05, 0.1) is 0 Å². The van der Waals surface area contributed by atoms with Gasteiger partial charge >= 0.3 is 5.97 Å². The summed E-state index contributed by atoms with van der Waals surface area (Å²) in [5.74, 6) is -0.778. The number of ether oxygens (including phenoxy) is 2. The number of aliphatic hydroxyl groups is 5. The van der Waals surface area contributed by atoms with Gasteiger partial charge < -0.3 is 35.0 Å². The third-order valence-electron chi connectivity index (χ3n) is 2.77. The van der Waals surface area contributed by atoms with E-state index in [2.05, 4.69) is 6.58 Å². The quantitative estimate of drug-likeness (QED) is 0.270. The molecule has 0 aromatic carbocycles. The summed E-state index contributed by atoms with van der Waals surface area (Å²) in [6, 6.07) is 0. The zero-order valence-corrected chi connectivity index (χ0v) is 10.2. The lowest BCUT2D eigenvalue weighted by molar-refractivity contribution is -0.287. The summed E-state index contributed by atoms with van der Waals surface area (Å²) in [5.41, 5.74) is 0.0499. The normalized spacial score (nSPS) is 34.9. The van der Waals surface area contributed by atoms with E-state index in [9.17, 15) is 25.2 Å². The van der Waals surface area contributed by atoms with Crippen LogP contribution in [0.15, 0.2) is 12.2 Å². The number of carbonyl (C=O) groups excluding carboxylic acids is 1. The second-order valence-corrected chi connectivity index (χ2v) is 4.21. The Morgan fingerprint density at radius 2 is 1.79 bits per heavy atom. The predicted molar refractivity (Wildman–Crippen MR) is 60.7 cm³/mol. The molecule has 8 heteroatoms. The highest BCUT2D eigenvalue weighted by Crippen LogP contribution is 2.20. The van der Waals surface area contributed by atoms with Crippen LogP contribution < -0.4 is 0 Å². The minimum atomic E-state index is -1.68. The van der Waals surface area contributed by atoms with Gasteiger partial charge in [-0.2, -0.15) is 0 Å². The molecular weight excluding hydrogens is 260 g/mol. The molecule has 19 heavy (non-hydrogen) atoms. The first-order chi connectivity index (χ1) is 8.88. The van der Waals surface area contributed by atoms with Crippen molar-refractivity contribution >= 4 is 5.97 Å². The van der Waals surface area contributed by atoms with Gasteiger partial charge in [-0.1, -0.05) is 6.58 Å². The maximum Gasteiger partial charge on any atom is 0.333 e. The van der Waals surface area contributed by atoms with E-state index in [-0.39, 0.29) is 18.6 Å². The third kappa shape index (κ3) is 3.96. The van der Waals surface area contributed by atoms with E-state index in [4.69, 9.17) is 14.6 Å². The maximum absolute atomic E-state index is 11.4. The molecule has 1 fully saturated rings. The van der Waals surface area contributed by atoms with Crippen molar-refractivity contribution in [1.82, 2.24) is 0 Å². The molecule has 1 rings (SSSR count). The fourth-order valence-electron chi connectivity index (χ4n) is 1.57. The Labute approximate surface area is 109 Å². The molecule has 5 N–H and O–H groups in total. The maximum atomic E-state index is 11.4. The fourth-order valence-corrected chi connectivity index (χ4v) is 1.57. The lowest BCUT2D eigenvalue weighted by atomic mass is 9.99. The van der Waals surface area contributed by atoms with E-state index in [0.29, 0.717) is 0 Å². The van der Waals surface area contributed by atoms with E-state index < -0.39 is 43.3 Å². The molecule has 0 aromatic heterocycles. The zero-order valence-electron chi connectivity index (χ0n) is 10.2. The molecule has 0 spiro atoms. The smallest absolute Gasteiger partial charge is 0.333 e. The Morgan fingerprint density at radius 1 is 1.16 bits per heavy atom. The third-order valence-corrected chi connectivity index (χ3v) is 2.77. The molecule has 1 heterocycles. The number of esters is 1. The van der Waals surface area contributed by atoms with E-state index in [1.165, 1.54) is 0 Å². The summed E-state index contributed by atoms with van der Waals surface area (Å²) < 4.78 is 9.57. The van der Waals surface area contributed by atoms with Gasteiger partial charge in [0.1, 0.15) is 31.0 Å². The zero-order chi connectivity index (χ0) is 14.6. The van der Waals surface area contributed by atoms with Crippen molar-refractivity contribution < 1.29 is 39.8 Å². The van der Waals surface area contributed by atoms with Crippen LogP contribution in [0.3, 0.4) is 0 Å². The molecule has 8 nitrogen and oxygen atoms in total. The Hall–Kier alpha value is -1.03. The molecular formula is C11H18O8. The molecule has 0 amide bonds. The number of aliphatic hydroxyl groups excluding tert-OH is 5. The Morgan fingerprint density at radius 3 is 2.37 bits per heavy atom. The molecule has 1 saturated heterocycles. The average molecular weight is 278 g/mol. The van der Waals surface area contributed by atoms with Crippen LogP contribution in [0.1, 0.15) is 6.42 Å². The van der Waals surface area contributed by atoms with Crippen molar-refractivity contribution in [3.05, 3.63) is 12.2 Å². The van der Waals surface area contributed by atoms with Crippen molar-refractivity contribution in [2.45, 2.75) is 37.1 Å². The molecule has 0 aromatic rings. The van der Waals surface area contributed by atoms with Crippen LogP contribution in [0.5, 0.6) is 0 Å². The van der Waals surface area contributed by atoms with Crippen LogP contribution >= 0.6 is 0 Å². The topological polar surface area (TPSA) is 137 Å². The lowest BCUT2D eigenvalue weighted by Gasteiger charge is -2.37. The van der Waals surface area contributed by atoms with Crippen molar-refractivity contribution in [3.8, 4) is 0 Å². The first-order valence-electron chi connectivity index (χ1n) is 5.72. The van der Waals surface area contributed by atoms with Gasteiger partial charge in [-0.15, -0.1) is 0 Å². The standard InChI is InChI=1S/C11H18O8/c1-5(2-3-12)10(16)18-4-6-7(13)8(14)9(15)11(17)19-6/h6-9,11-15,17H,1-4H2/t6-,7-,8+,9-,11-/m1/s1.